The van der Waals surface area contributed by atoms with E-state index in [0.29, 0.717) is 22.6 Å². The summed E-state index contributed by atoms with van der Waals surface area (Å²) in [5.41, 5.74) is 3.11. The summed E-state index contributed by atoms with van der Waals surface area (Å²) in [4.78, 5) is 1.46. The van der Waals surface area contributed by atoms with Crippen LogP contribution in [0.15, 0.2) is 42.5 Å². The predicted molar refractivity (Wildman–Crippen MR) is 120 cm³/mol. The third-order valence-electron chi connectivity index (χ3n) is 4.82. The fourth-order valence-electron chi connectivity index (χ4n) is 3.40. The van der Waals surface area contributed by atoms with E-state index < -0.39 is 16.0 Å². The van der Waals surface area contributed by atoms with Gasteiger partial charge in [-0.1, -0.05) is 16.4 Å². The van der Waals surface area contributed by atoms with E-state index in [-0.39, 0.29) is 12.8 Å². The van der Waals surface area contributed by atoms with Crippen LogP contribution in [-0.2, 0) is 21.3 Å². The molecule has 0 aliphatic carbocycles. The van der Waals surface area contributed by atoms with Crippen molar-refractivity contribution in [1.82, 2.24) is 20.2 Å². The number of nitrogens with one attached hydrogen (secondary N) is 2. The molecule has 3 aromatic rings. The monoisotopic (exact) mass is 477 g/mol. The first kappa shape index (κ1) is 22.2. The Labute approximate surface area is 189 Å². The number of aromatic nitrogens is 4. The molecule has 1 aliphatic rings. The van der Waals surface area contributed by atoms with Gasteiger partial charge >= 0.3 is 0 Å². The van der Waals surface area contributed by atoms with Crippen LogP contribution in [0.5, 0.6) is 5.75 Å². The van der Waals surface area contributed by atoms with Gasteiger partial charge in [-0.15, -0.1) is 0 Å². The van der Waals surface area contributed by atoms with E-state index >= 15 is 0 Å². The molecule has 1 unspecified atom stereocenters. The molecule has 169 valence electrons. The lowest BCUT2D eigenvalue weighted by molar-refractivity contribution is 0.124. The smallest absolute Gasteiger partial charge is 0.283 e. The van der Waals surface area contributed by atoms with Gasteiger partial charge in [0.15, 0.2) is 6.73 Å². The summed E-state index contributed by atoms with van der Waals surface area (Å²) >= 11 is 5.12. The Hall–Kier alpha value is -3.00. The third kappa shape index (κ3) is 5.24. The average Bonchev–Trinajstić information content (AvgIpc) is 3.18. The van der Waals surface area contributed by atoms with E-state index in [4.69, 9.17) is 21.7 Å². The second-order valence-corrected chi connectivity index (χ2v) is 8.82. The second kappa shape index (κ2) is 9.24. The Morgan fingerprint density at radius 2 is 2.16 bits per heavy atom. The maximum Gasteiger partial charge on any atom is 0.283 e. The van der Waals surface area contributed by atoms with Crippen molar-refractivity contribution in [1.29, 1.82) is 0 Å². The SMILES string of the molecule is COC1[CH]N(CS(=O)(=O)O)c2ccc(OCNc3cccc(-n4[nH]nnc4=S)c3)cc2C1. The summed E-state index contributed by atoms with van der Waals surface area (Å²) in [6.07, 6.45) is 0.239. The van der Waals surface area contributed by atoms with E-state index in [2.05, 4.69) is 20.8 Å². The minimum Gasteiger partial charge on any atom is -0.473 e. The number of anilines is 2. The number of nitrogens with zero attached hydrogens (tertiary/aromatic N) is 4. The number of rotatable bonds is 8. The van der Waals surface area contributed by atoms with E-state index in [0.717, 1.165) is 16.9 Å². The van der Waals surface area contributed by atoms with Gasteiger partial charge in [-0.2, -0.15) is 13.6 Å². The zero-order valence-corrected chi connectivity index (χ0v) is 18.6. The van der Waals surface area contributed by atoms with Gasteiger partial charge in [0.25, 0.3) is 10.1 Å². The second-order valence-electron chi connectivity index (χ2n) is 7.03. The highest BCUT2D eigenvalue weighted by molar-refractivity contribution is 7.85. The number of aromatic amines is 1. The number of benzene rings is 2. The first-order chi connectivity index (χ1) is 15.3. The molecule has 2 aromatic carbocycles. The zero-order valence-electron chi connectivity index (χ0n) is 17.0. The maximum atomic E-state index is 11.4. The van der Waals surface area contributed by atoms with Crippen molar-refractivity contribution >= 4 is 33.7 Å². The van der Waals surface area contributed by atoms with Gasteiger partial charge < -0.3 is 19.7 Å². The van der Waals surface area contributed by atoms with E-state index in [1.54, 1.807) is 30.5 Å². The molecular formula is C19H21N6O5S2. The minimum absolute atomic E-state index is 0.198. The highest BCUT2D eigenvalue weighted by Gasteiger charge is 2.28. The van der Waals surface area contributed by atoms with Crippen LogP contribution < -0.4 is 15.0 Å². The lowest BCUT2D eigenvalue weighted by Crippen LogP contribution is -2.38. The van der Waals surface area contributed by atoms with Crippen molar-refractivity contribution in [2.75, 3.05) is 29.9 Å². The molecule has 0 amide bonds. The molecule has 1 radical (unpaired) electrons. The van der Waals surface area contributed by atoms with Gasteiger partial charge in [0.2, 0.25) is 4.77 Å². The molecule has 13 heteroatoms. The molecule has 1 aliphatic heterocycles. The molecule has 32 heavy (non-hydrogen) atoms. The Bertz CT molecular complexity index is 1260. The van der Waals surface area contributed by atoms with Crippen LogP contribution in [0.3, 0.4) is 0 Å². The maximum absolute atomic E-state index is 11.4. The summed E-state index contributed by atoms with van der Waals surface area (Å²) < 4.78 is 45.1. The molecule has 1 atom stereocenters. The van der Waals surface area contributed by atoms with Crippen molar-refractivity contribution in [2.45, 2.75) is 12.5 Å². The minimum atomic E-state index is -4.20. The van der Waals surface area contributed by atoms with Gasteiger partial charge in [-0.25, -0.2) is 4.68 Å². The van der Waals surface area contributed by atoms with Crippen LogP contribution >= 0.6 is 12.2 Å². The largest absolute Gasteiger partial charge is 0.473 e. The van der Waals surface area contributed by atoms with Crippen LogP contribution in [0.4, 0.5) is 11.4 Å². The standard InChI is InChI=1S/C19H21N6O5S2/c1-29-17-8-13-7-16(5-6-18(13)24(10-17)12-32(26,27)28)30-11-20-14-3-2-4-15(9-14)25-19(31)21-22-23-25/h2-7,9-10,17,20H,8,11-12H2,1H3,(H,21,23,31)(H,26,27,28). The fraction of sp³-hybridized carbons (Fsp3) is 0.263. The lowest BCUT2D eigenvalue weighted by Gasteiger charge is -2.34. The topological polar surface area (TPSA) is 135 Å². The predicted octanol–water partition coefficient (Wildman–Crippen LogP) is 2.16. The van der Waals surface area contributed by atoms with Crippen LogP contribution in [0, 0.1) is 11.3 Å². The number of fused-ring (bicyclic) bond motifs is 1. The molecule has 0 bridgehead atoms. The van der Waals surface area contributed by atoms with Crippen molar-refractivity contribution < 1.29 is 22.4 Å². The first-order valence-corrected chi connectivity index (χ1v) is 11.5. The first-order valence-electron chi connectivity index (χ1n) is 9.52. The number of ether oxygens (including phenoxy) is 2. The van der Waals surface area contributed by atoms with Crippen molar-refractivity contribution in [2.24, 2.45) is 0 Å². The Morgan fingerprint density at radius 3 is 2.88 bits per heavy atom. The number of hydrogen-bond acceptors (Lipinski definition) is 9. The summed E-state index contributed by atoms with van der Waals surface area (Å²) in [5, 5.41) is 13.3. The summed E-state index contributed by atoms with van der Waals surface area (Å²) in [6, 6.07) is 12.8. The van der Waals surface area contributed by atoms with Crippen molar-refractivity contribution in [3.05, 3.63) is 59.3 Å². The highest BCUT2D eigenvalue weighted by Crippen LogP contribution is 2.33. The van der Waals surface area contributed by atoms with Gasteiger partial charge in [0.1, 0.15) is 11.6 Å². The summed E-state index contributed by atoms with van der Waals surface area (Å²) in [5.74, 6) is 0.0596. The molecule has 11 nitrogen and oxygen atoms in total. The molecular weight excluding hydrogens is 456 g/mol. The number of H-pyrrole nitrogens is 1. The van der Waals surface area contributed by atoms with E-state index in [9.17, 15) is 13.0 Å². The highest BCUT2D eigenvalue weighted by atomic mass is 32.2. The number of hydrogen-bond donors (Lipinski definition) is 3. The number of tetrazole rings is 1. The molecule has 0 spiro atoms. The third-order valence-corrected chi connectivity index (χ3v) is 5.69. The summed E-state index contributed by atoms with van der Waals surface area (Å²) in [6.45, 7) is 1.84. The van der Waals surface area contributed by atoms with Crippen LogP contribution in [0.25, 0.3) is 5.69 Å². The zero-order chi connectivity index (χ0) is 22.7. The fourth-order valence-corrected chi connectivity index (χ4v) is 4.17. The average molecular weight is 478 g/mol. The molecule has 1 aromatic heterocycles. The summed E-state index contributed by atoms with van der Waals surface area (Å²) in [7, 11) is -2.65. The molecule has 3 N–H and O–H groups in total. The van der Waals surface area contributed by atoms with Crippen LogP contribution in [0.2, 0.25) is 0 Å². The Kier molecular flexibility index (Phi) is 6.41. The lowest BCUT2D eigenvalue weighted by atomic mass is 10.00. The number of methoxy groups -OCH3 is 1. The van der Waals surface area contributed by atoms with Gasteiger partial charge in [-0.3, -0.25) is 4.55 Å². The van der Waals surface area contributed by atoms with Crippen molar-refractivity contribution in [3.63, 3.8) is 0 Å². The van der Waals surface area contributed by atoms with Gasteiger partial charge in [0.05, 0.1) is 18.3 Å². The molecule has 4 rings (SSSR count). The van der Waals surface area contributed by atoms with Crippen molar-refractivity contribution in [3.8, 4) is 11.4 Å². The van der Waals surface area contributed by atoms with Gasteiger partial charge in [-0.05, 0) is 54.2 Å². The van der Waals surface area contributed by atoms with Crippen LogP contribution in [0.1, 0.15) is 5.56 Å². The molecule has 0 fully saturated rings. The Morgan fingerprint density at radius 1 is 1.31 bits per heavy atom. The quantitative estimate of drug-likeness (QED) is 0.252. The Balaban J connectivity index is 1.44. The van der Waals surface area contributed by atoms with E-state index in [1.165, 1.54) is 4.90 Å². The molecule has 2 heterocycles. The molecule has 0 saturated carbocycles. The molecule has 0 saturated heterocycles. The van der Waals surface area contributed by atoms with Crippen LogP contribution in [-0.4, -0.2) is 59.0 Å². The van der Waals surface area contributed by atoms with E-state index in [1.807, 2.05) is 30.3 Å². The normalized spacial score (nSPS) is 15.9. The van der Waals surface area contributed by atoms with Gasteiger partial charge in [0, 0.05) is 24.9 Å².